The van der Waals surface area contributed by atoms with Gasteiger partial charge in [-0.1, -0.05) is 58.8 Å². The van der Waals surface area contributed by atoms with Crippen molar-refractivity contribution in [2.24, 2.45) is 0 Å². The lowest BCUT2D eigenvalue weighted by Crippen LogP contribution is -1.80. The van der Waals surface area contributed by atoms with E-state index in [1.165, 1.54) is 44.9 Å². The van der Waals surface area contributed by atoms with Gasteiger partial charge in [0.2, 0.25) is 0 Å². The van der Waals surface area contributed by atoms with E-state index in [9.17, 15) is 0 Å². The Kier molecular flexibility index (Phi) is 13.2. The van der Waals surface area contributed by atoms with E-state index in [0.29, 0.717) is 0 Å². The van der Waals surface area contributed by atoms with Gasteiger partial charge in [0.25, 0.3) is 0 Å². The molecule has 0 spiro atoms. The molecule has 0 bridgehead atoms. The zero-order valence-corrected chi connectivity index (χ0v) is 10.2. The van der Waals surface area contributed by atoms with E-state index in [-0.39, 0.29) is 0 Å². The minimum absolute atomic E-state index is 0.944. The molecule has 0 atom stereocenters. The highest BCUT2D eigenvalue weighted by Gasteiger charge is 1.89. The van der Waals surface area contributed by atoms with Crippen molar-refractivity contribution in [2.75, 3.05) is 0 Å². The van der Waals surface area contributed by atoms with Crippen LogP contribution in [0.1, 0.15) is 70.6 Å². The second-order valence-corrected chi connectivity index (χ2v) is 4.04. The van der Waals surface area contributed by atoms with Crippen LogP contribution < -0.4 is 0 Å². The Morgan fingerprint density at radius 1 is 0.533 bits per heavy atom. The minimum atomic E-state index is 0.944. The van der Waals surface area contributed by atoms with E-state index < -0.39 is 0 Å². The van der Waals surface area contributed by atoms with Gasteiger partial charge in [-0.25, -0.2) is 0 Å². The highest BCUT2D eigenvalue weighted by atomic mass is 14.0. The van der Waals surface area contributed by atoms with Gasteiger partial charge < -0.3 is 0 Å². The molecule has 0 aliphatic rings. The summed E-state index contributed by atoms with van der Waals surface area (Å²) in [4.78, 5) is 0. The van der Waals surface area contributed by atoms with E-state index in [0.717, 1.165) is 25.7 Å². The first kappa shape index (κ1) is 14.6. The number of rotatable bonds is 9. The summed E-state index contributed by atoms with van der Waals surface area (Å²) < 4.78 is 0. The molecule has 0 aromatic carbocycles. The fraction of sp³-hybridized carbons (Fsp3) is 0.733. The van der Waals surface area contributed by atoms with Gasteiger partial charge in [0.1, 0.15) is 0 Å². The van der Waals surface area contributed by atoms with Gasteiger partial charge in [-0.3, -0.25) is 0 Å². The van der Waals surface area contributed by atoms with Gasteiger partial charge in [-0.05, 0) is 12.8 Å². The van der Waals surface area contributed by atoms with Crippen LogP contribution in [0.2, 0.25) is 0 Å². The van der Waals surface area contributed by atoms with Gasteiger partial charge in [0, 0.05) is 12.8 Å². The van der Waals surface area contributed by atoms with E-state index in [1.54, 1.807) is 0 Å². The van der Waals surface area contributed by atoms with Crippen molar-refractivity contribution in [3.63, 3.8) is 0 Å². The summed E-state index contributed by atoms with van der Waals surface area (Å²) in [5.74, 6) is 6.33. The van der Waals surface area contributed by atoms with Gasteiger partial charge in [-0.15, -0.1) is 11.8 Å². The van der Waals surface area contributed by atoms with Gasteiger partial charge in [0.05, 0.1) is 0 Å². The Balaban J connectivity index is 2.96. The molecule has 0 fully saturated rings. The smallest absolute Gasteiger partial charge is 0.00886 e. The van der Waals surface area contributed by atoms with Crippen LogP contribution in [0.3, 0.4) is 0 Å². The maximum Gasteiger partial charge on any atom is 0.00886 e. The van der Waals surface area contributed by atoms with Gasteiger partial charge in [0.15, 0.2) is 0 Å². The third kappa shape index (κ3) is 13.6. The van der Waals surface area contributed by atoms with Gasteiger partial charge >= 0.3 is 0 Å². The predicted molar refractivity (Wildman–Crippen MR) is 69.3 cm³/mol. The number of hydrogen-bond donors (Lipinski definition) is 0. The first-order chi connectivity index (χ1) is 7.41. The monoisotopic (exact) mass is 206 g/mol. The van der Waals surface area contributed by atoms with Crippen LogP contribution >= 0.6 is 0 Å². The molecule has 0 aromatic heterocycles. The maximum absolute atomic E-state index is 3.85. The SMILES string of the molecule is [CH2]CCC#CCCCCCCCCC[CH2]. The van der Waals surface area contributed by atoms with Crippen molar-refractivity contribution in [3.8, 4) is 11.8 Å². The van der Waals surface area contributed by atoms with Crippen molar-refractivity contribution in [1.29, 1.82) is 0 Å². The lowest BCUT2D eigenvalue weighted by Gasteiger charge is -1.99. The molecular weight excluding hydrogens is 180 g/mol. The summed E-state index contributed by atoms with van der Waals surface area (Å²) in [7, 11) is 0. The molecular formula is C15H26. The molecule has 0 saturated carbocycles. The standard InChI is InChI=1S/C15H26/c1-3-5-7-9-11-13-15-14-12-10-8-6-4-2/h1-7,9,11-15H2. The summed E-state index contributed by atoms with van der Waals surface area (Å²) in [5, 5.41) is 0. The molecule has 86 valence electrons. The van der Waals surface area contributed by atoms with Crippen molar-refractivity contribution in [2.45, 2.75) is 70.6 Å². The zero-order chi connectivity index (χ0) is 11.2. The summed E-state index contributed by atoms with van der Waals surface area (Å²) in [6.45, 7) is 7.61. The van der Waals surface area contributed by atoms with E-state index >= 15 is 0 Å². The molecule has 0 saturated heterocycles. The second kappa shape index (κ2) is 13.6. The summed E-state index contributed by atoms with van der Waals surface area (Å²) in [5.41, 5.74) is 0. The molecule has 0 amide bonds. The van der Waals surface area contributed by atoms with Crippen LogP contribution in [-0.4, -0.2) is 0 Å². The third-order valence-corrected chi connectivity index (χ3v) is 2.48. The number of unbranched alkanes of at least 4 members (excludes halogenated alkanes) is 9. The van der Waals surface area contributed by atoms with E-state index in [1.807, 2.05) is 0 Å². The normalized spacial score (nSPS) is 9.73. The first-order valence-corrected chi connectivity index (χ1v) is 6.46. The van der Waals surface area contributed by atoms with Crippen LogP contribution in [0.5, 0.6) is 0 Å². The highest BCUT2D eigenvalue weighted by molar-refractivity contribution is 4.98. The lowest BCUT2D eigenvalue weighted by atomic mass is 10.1. The van der Waals surface area contributed by atoms with Crippen molar-refractivity contribution < 1.29 is 0 Å². The largest absolute Gasteiger partial charge is 0.103 e. The molecule has 0 nitrogen and oxygen atoms in total. The molecule has 0 aromatic rings. The van der Waals surface area contributed by atoms with Crippen LogP contribution in [-0.2, 0) is 0 Å². The Labute approximate surface area is 96.8 Å². The molecule has 0 unspecified atom stereocenters. The topological polar surface area (TPSA) is 0 Å². The third-order valence-electron chi connectivity index (χ3n) is 2.48. The summed E-state index contributed by atoms with van der Waals surface area (Å²) >= 11 is 0. The Bertz CT molecular complexity index is 159. The fourth-order valence-electron chi connectivity index (χ4n) is 1.54. The van der Waals surface area contributed by atoms with E-state index in [4.69, 9.17) is 0 Å². The summed E-state index contributed by atoms with van der Waals surface area (Å²) in [6, 6.07) is 0. The molecule has 0 aliphatic carbocycles. The second-order valence-electron chi connectivity index (χ2n) is 4.04. The Hall–Kier alpha value is -0.440. The Morgan fingerprint density at radius 2 is 1.07 bits per heavy atom. The van der Waals surface area contributed by atoms with Crippen LogP contribution in [0.4, 0.5) is 0 Å². The molecule has 0 rings (SSSR count). The van der Waals surface area contributed by atoms with Crippen LogP contribution in [0.25, 0.3) is 0 Å². The van der Waals surface area contributed by atoms with E-state index in [2.05, 4.69) is 25.7 Å². The van der Waals surface area contributed by atoms with Crippen molar-refractivity contribution in [3.05, 3.63) is 13.8 Å². The fourth-order valence-corrected chi connectivity index (χ4v) is 1.54. The molecule has 0 N–H and O–H groups in total. The first-order valence-electron chi connectivity index (χ1n) is 6.46. The quantitative estimate of drug-likeness (QED) is 0.370. The molecule has 2 radical (unpaired) electrons. The van der Waals surface area contributed by atoms with Crippen molar-refractivity contribution >= 4 is 0 Å². The summed E-state index contributed by atoms with van der Waals surface area (Å²) in [6.07, 6.45) is 13.6. The average molecular weight is 206 g/mol. The lowest BCUT2D eigenvalue weighted by molar-refractivity contribution is 0.585. The highest BCUT2D eigenvalue weighted by Crippen LogP contribution is 2.08. The average Bonchev–Trinajstić information content (AvgIpc) is 2.26. The van der Waals surface area contributed by atoms with Gasteiger partial charge in [-0.2, -0.15) is 0 Å². The zero-order valence-electron chi connectivity index (χ0n) is 10.2. The van der Waals surface area contributed by atoms with Crippen LogP contribution in [0.15, 0.2) is 0 Å². The minimum Gasteiger partial charge on any atom is -0.103 e. The molecule has 0 aliphatic heterocycles. The van der Waals surface area contributed by atoms with Crippen LogP contribution in [0, 0.1) is 25.7 Å². The molecule has 0 heterocycles. The predicted octanol–water partition coefficient (Wildman–Crippen LogP) is 4.95. The number of hydrogen-bond acceptors (Lipinski definition) is 0. The molecule has 15 heavy (non-hydrogen) atoms. The molecule has 0 heteroatoms. The maximum atomic E-state index is 3.85. The Morgan fingerprint density at radius 3 is 1.67 bits per heavy atom. The van der Waals surface area contributed by atoms with Crippen molar-refractivity contribution in [1.82, 2.24) is 0 Å².